The Morgan fingerprint density at radius 2 is 1.94 bits per heavy atom. The fraction of sp³-hybridized carbons (Fsp3) is 0.357. The zero-order chi connectivity index (χ0) is 12.4. The summed E-state index contributed by atoms with van der Waals surface area (Å²) in [4.78, 5) is 2.38. The van der Waals surface area contributed by atoms with Crippen molar-refractivity contribution in [3.63, 3.8) is 0 Å². The van der Waals surface area contributed by atoms with Gasteiger partial charge in [0.25, 0.3) is 0 Å². The second kappa shape index (κ2) is 4.72. The highest BCUT2D eigenvalue weighted by molar-refractivity contribution is 5.70. The third kappa shape index (κ3) is 2.06. The van der Waals surface area contributed by atoms with E-state index in [1.54, 1.807) is 6.20 Å². The summed E-state index contributed by atoms with van der Waals surface area (Å²) in [6.07, 6.45) is 7.58. The Bertz CT molecular complexity index is 513. The summed E-state index contributed by atoms with van der Waals surface area (Å²) in [5, 5.41) is 4.26. The maximum atomic E-state index is 6.10. The number of piperidine rings is 1. The van der Waals surface area contributed by atoms with Crippen LogP contribution in [0.15, 0.2) is 36.7 Å². The Morgan fingerprint density at radius 1 is 1.11 bits per heavy atom. The molecular formula is C14H18N4. The molecule has 0 saturated carbocycles. The summed E-state index contributed by atoms with van der Waals surface area (Å²) < 4.78 is 1.87. The molecule has 1 aromatic carbocycles. The van der Waals surface area contributed by atoms with Crippen LogP contribution in [0.5, 0.6) is 0 Å². The quantitative estimate of drug-likeness (QED) is 0.823. The largest absolute Gasteiger partial charge is 0.397 e. The van der Waals surface area contributed by atoms with Gasteiger partial charge in [0, 0.05) is 25.5 Å². The number of hydrogen-bond donors (Lipinski definition) is 1. The number of benzene rings is 1. The number of anilines is 2. The number of nitrogens with zero attached hydrogens (tertiary/aromatic N) is 3. The Kier molecular flexibility index (Phi) is 2.92. The second-order valence-electron chi connectivity index (χ2n) is 4.74. The van der Waals surface area contributed by atoms with Crippen LogP contribution in [0.1, 0.15) is 19.3 Å². The van der Waals surface area contributed by atoms with E-state index < -0.39 is 0 Å². The summed E-state index contributed by atoms with van der Waals surface area (Å²) in [5.41, 5.74) is 9.16. The molecule has 0 bridgehead atoms. The molecule has 0 unspecified atom stereocenters. The highest BCUT2D eigenvalue weighted by Crippen LogP contribution is 2.28. The van der Waals surface area contributed by atoms with Gasteiger partial charge in [-0.2, -0.15) is 5.10 Å². The van der Waals surface area contributed by atoms with Gasteiger partial charge in [0.2, 0.25) is 0 Å². The number of nitrogens with two attached hydrogens (primary N) is 1. The molecule has 1 aromatic heterocycles. The first-order valence-corrected chi connectivity index (χ1v) is 6.49. The van der Waals surface area contributed by atoms with Crippen molar-refractivity contribution in [2.45, 2.75) is 19.3 Å². The maximum absolute atomic E-state index is 6.10. The first-order valence-electron chi connectivity index (χ1n) is 6.49. The van der Waals surface area contributed by atoms with Crippen LogP contribution in [-0.2, 0) is 0 Å². The summed E-state index contributed by atoms with van der Waals surface area (Å²) in [6.45, 7) is 2.21. The maximum Gasteiger partial charge on any atom is 0.0667 e. The van der Waals surface area contributed by atoms with Crippen molar-refractivity contribution in [1.29, 1.82) is 0 Å². The SMILES string of the molecule is Nc1ccc(-n2cccn2)cc1N1CCCCC1. The molecule has 0 amide bonds. The number of aromatic nitrogens is 2. The highest BCUT2D eigenvalue weighted by Gasteiger charge is 2.14. The van der Waals surface area contributed by atoms with Gasteiger partial charge in [0.05, 0.1) is 17.1 Å². The predicted octanol–water partition coefficient (Wildman–Crippen LogP) is 2.44. The Labute approximate surface area is 107 Å². The summed E-state index contributed by atoms with van der Waals surface area (Å²) >= 11 is 0. The lowest BCUT2D eigenvalue weighted by Crippen LogP contribution is -2.30. The standard InChI is InChI=1S/C14H18N4/c15-13-6-5-12(18-10-4-7-16-18)11-14(13)17-8-2-1-3-9-17/h4-7,10-11H,1-3,8-9,15H2. The van der Waals surface area contributed by atoms with Crippen molar-refractivity contribution < 1.29 is 0 Å². The molecule has 94 valence electrons. The van der Waals surface area contributed by atoms with E-state index in [4.69, 9.17) is 5.73 Å². The third-order valence-corrected chi connectivity index (χ3v) is 3.48. The first-order chi connectivity index (χ1) is 8.84. The van der Waals surface area contributed by atoms with E-state index in [1.165, 1.54) is 19.3 Å². The lowest BCUT2D eigenvalue weighted by molar-refractivity contribution is 0.578. The predicted molar refractivity (Wildman–Crippen MR) is 74.0 cm³/mol. The van der Waals surface area contributed by atoms with Gasteiger partial charge in [-0.1, -0.05) is 0 Å². The van der Waals surface area contributed by atoms with Gasteiger partial charge in [-0.15, -0.1) is 0 Å². The molecule has 4 nitrogen and oxygen atoms in total. The van der Waals surface area contributed by atoms with Crippen LogP contribution < -0.4 is 10.6 Å². The van der Waals surface area contributed by atoms with Crippen LogP contribution in [0.4, 0.5) is 11.4 Å². The van der Waals surface area contributed by atoms with Gasteiger partial charge < -0.3 is 10.6 Å². The van der Waals surface area contributed by atoms with Crippen molar-refractivity contribution in [2.24, 2.45) is 0 Å². The van der Waals surface area contributed by atoms with E-state index >= 15 is 0 Å². The lowest BCUT2D eigenvalue weighted by Gasteiger charge is -2.30. The van der Waals surface area contributed by atoms with E-state index in [0.29, 0.717) is 0 Å². The minimum Gasteiger partial charge on any atom is -0.397 e. The Morgan fingerprint density at radius 3 is 2.67 bits per heavy atom. The molecule has 2 aromatic rings. The van der Waals surface area contributed by atoms with Gasteiger partial charge in [0.15, 0.2) is 0 Å². The summed E-state index contributed by atoms with van der Waals surface area (Å²) in [5.74, 6) is 0. The number of rotatable bonds is 2. The van der Waals surface area contributed by atoms with Gasteiger partial charge in [-0.05, 0) is 43.5 Å². The van der Waals surface area contributed by atoms with Crippen LogP contribution in [0.25, 0.3) is 5.69 Å². The van der Waals surface area contributed by atoms with Gasteiger partial charge >= 0.3 is 0 Å². The van der Waals surface area contributed by atoms with Crippen LogP contribution in [-0.4, -0.2) is 22.9 Å². The van der Waals surface area contributed by atoms with Gasteiger partial charge in [0.1, 0.15) is 0 Å². The zero-order valence-electron chi connectivity index (χ0n) is 10.4. The molecule has 1 fully saturated rings. The Hall–Kier alpha value is -1.97. The molecule has 0 aliphatic carbocycles. The molecule has 1 aliphatic heterocycles. The molecular weight excluding hydrogens is 224 g/mol. The fourth-order valence-electron chi connectivity index (χ4n) is 2.50. The summed E-state index contributed by atoms with van der Waals surface area (Å²) in [6, 6.07) is 8.04. The van der Waals surface area contributed by atoms with Crippen LogP contribution in [0.2, 0.25) is 0 Å². The van der Waals surface area contributed by atoms with Crippen molar-refractivity contribution >= 4 is 11.4 Å². The monoisotopic (exact) mass is 242 g/mol. The molecule has 0 radical (unpaired) electrons. The molecule has 4 heteroatoms. The zero-order valence-corrected chi connectivity index (χ0v) is 10.4. The van der Waals surface area contributed by atoms with E-state index in [0.717, 1.165) is 30.2 Å². The molecule has 1 aliphatic rings. The molecule has 1 saturated heterocycles. The fourth-order valence-corrected chi connectivity index (χ4v) is 2.50. The highest BCUT2D eigenvalue weighted by atomic mass is 15.3. The molecule has 2 heterocycles. The first kappa shape index (κ1) is 11.1. The Balaban J connectivity index is 1.95. The molecule has 0 atom stereocenters. The molecule has 2 N–H and O–H groups in total. The summed E-state index contributed by atoms with van der Waals surface area (Å²) in [7, 11) is 0. The third-order valence-electron chi connectivity index (χ3n) is 3.48. The molecule has 18 heavy (non-hydrogen) atoms. The van der Waals surface area contributed by atoms with Crippen LogP contribution >= 0.6 is 0 Å². The van der Waals surface area contributed by atoms with Crippen molar-refractivity contribution in [1.82, 2.24) is 9.78 Å². The second-order valence-corrected chi connectivity index (χ2v) is 4.74. The van der Waals surface area contributed by atoms with E-state index in [9.17, 15) is 0 Å². The van der Waals surface area contributed by atoms with Crippen LogP contribution in [0, 0.1) is 0 Å². The normalized spacial score (nSPS) is 15.9. The molecule has 3 rings (SSSR count). The van der Waals surface area contributed by atoms with Crippen molar-refractivity contribution in [3.8, 4) is 5.69 Å². The molecule has 0 spiro atoms. The van der Waals surface area contributed by atoms with E-state index in [2.05, 4.69) is 16.1 Å². The average molecular weight is 242 g/mol. The van der Waals surface area contributed by atoms with E-state index in [-0.39, 0.29) is 0 Å². The minimum absolute atomic E-state index is 0.854. The average Bonchev–Trinajstić information content (AvgIpc) is 2.94. The van der Waals surface area contributed by atoms with Gasteiger partial charge in [-0.25, -0.2) is 4.68 Å². The number of hydrogen-bond acceptors (Lipinski definition) is 3. The van der Waals surface area contributed by atoms with Crippen molar-refractivity contribution in [2.75, 3.05) is 23.7 Å². The van der Waals surface area contributed by atoms with Crippen LogP contribution in [0.3, 0.4) is 0 Å². The van der Waals surface area contributed by atoms with Gasteiger partial charge in [-0.3, -0.25) is 0 Å². The smallest absolute Gasteiger partial charge is 0.0667 e. The topological polar surface area (TPSA) is 47.1 Å². The lowest BCUT2D eigenvalue weighted by atomic mass is 10.1. The van der Waals surface area contributed by atoms with E-state index in [1.807, 2.05) is 29.1 Å². The van der Waals surface area contributed by atoms with Crippen molar-refractivity contribution in [3.05, 3.63) is 36.7 Å². The minimum atomic E-state index is 0.854. The number of nitrogen functional groups attached to an aromatic ring is 1.